The van der Waals surface area contributed by atoms with E-state index >= 15 is 0 Å². The van der Waals surface area contributed by atoms with Gasteiger partial charge in [0.1, 0.15) is 14.1 Å². The third-order valence-corrected chi connectivity index (χ3v) is 1.37. The van der Waals surface area contributed by atoms with E-state index in [1.807, 2.05) is 7.05 Å². The molecular formula is C5H10BNO. The predicted molar refractivity (Wildman–Crippen MR) is 32.7 cm³/mol. The molecule has 0 saturated carbocycles. The van der Waals surface area contributed by atoms with Crippen LogP contribution in [0.5, 0.6) is 0 Å². The zero-order valence-corrected chi connectivity index (χ0v) is 5.05. The first-order chi connectivity index (χ1) is 3.83. The molecule has 0 aromatic heterocycles. The summed E-state index contributed by atoms with van der Waals surface area (Å²) in [5.41, 5.74) is 0. The summed E-state index contributed by atoms with van der Waals surface area (Å²) in [6.07, 6.45) is 2.22. The molecule has 0 amide bonds. The lowest BCUT2D eigenvalue weighted by Gasteiger charge is -2.07. The first kappa shape index (κ1) is 6.11. The summed E-state index contributed by atoms with van der Waals surface area (Å²) in [4.78, 5) is 0. The van der Waals surface area contributed by atoms with Crippen LogP contribution in [0.4, 0.5) is 0 Å². The quantitative estimate of drug-likeness (QED) is 0.474. The van der Waals surface area contributed by atoms with Crippen LogP contribution in [0.1, 0.15) is 12.8 Å². The van der Waals surface area contributed by atoms with Gasteiger partial charge in [-0.25, -0.2) is 0 Å². The van der Waals surface area contributed by atoms with Crippen molar-refractivity contribution < 1.29 is 4.74 Å². The average molecular weight is 111 g/mol. The van der Waals surface area contributed by atoms with Gasteiger partial charge in [-0.15, -0.1) is 0 Å². The predicted octanol–water partition coefficient (Wildman–Crippen LogP) is -0.163. The maximum atomic E-state index is 5.44. The highest BCUT2D eigenvalue weighted by atomic mass is 16.5. The van der Waals surface area contributed by atoms with Crippen molar-refractivity contribution in [3.05, 3.63) is 0 Å². The number of ether oxygens (including phenoxy) is 1. The Hall–Kier alpha value is -0.0151. The molecular weight excluding hydrogens is 101 g/mol. The Kier molecular flexibility index (Phi) is 1.92. The fourth-order valence-electron chi connectivity index (χ4n) is 0.875. The largest absolute Gasteiger partial charge is 0.370 e. The molecule has 1 heterocycles. The number of rotatable bonds is 1. The molecule has 1 saturated heterocycles. The van der Waals surface area contributed by atoms with E-state index in [0.29, 0.717) is 0 Å². The highest BCUT2D eigenvalue weighted by molar-refractivity contribution is 6.11. The second kappa shape index (κ2) is 2.51. The van der Waals surface area contributed by atoms with Gasteiger partial charge in [-0.1, -0.05) is 0 Å². The lowest BCUT2D eigenvalue weighted by atomic mass is 9.98. The van der Waals surface area contributed by atoms with Gasteiger partial charge in [0.05, 0.1) is 0 Å². The Morgan fingerprint density at radius 3 is 2.62 bits per heavy atom. The molecule has 0 bridgehead atoms. The van der Waals surface area contributed by atoms with Crippen LogP contribution < -0.4 is 5.32 Å². The van der Waals surface area contributed by atoms with E-state index in [-0.39, 0.29) is 12.2 Å². The molecule has 1 aliphatic heterocycles. The fourth-order valence-corrected chi connectivity index (χ4v) is 0.875. The smallest absolute Gasteiger partial charge is 0.109 e. The number of nitrogens with one attached hydrogen (secondary N) is 1. The molecule has 8 heavy (non-hydrogen) atoms. The Bertz CT molecular complexity index is 78.8. The van der Waals surface area contributed by atoms with Crippen LogP contribution in [-0.2, 0) is 4.74 Å². The summed E-state index contributed by atoms with van der Waals surface area (Å²) in [6, 6.07) is -0.0348. The molecule has 0 aromatic carbocycles. The second-order valence-electron chi connectivity index (χ2n) is 2.03. The molecule has 2 radical (unpaired) electrons. The highest BCUT2D eigenvalue weighted by Gasteiger charge is 2.18. The minimum absolute atomic E-state index is 0.0348. The van der Waals surface area contributed by atoms with Crippen LogP contribution in [-0.4, -0.2) is 27.1 Å². The zero-order chi connectivity index (χ0) is 5.98. The number of hydrogen-bond donors (Lipinski definition) is 1. The van der Waals surface area contributed by atoms with Gasteiger partial charge in [0, 0.05) is 6.00 Å². The molecule has 1 N–H and O–H groups in total. The topological polar surface area (TPSA) is 21.3 Å². The van der Waals surface area contributed by atoms with Crippen molar-refractivity contribution in [3.63, 3.8) is 0 Å². The molecule has 0 aromatic rings. The minimum atomic E-state index is -0.0348. The van der Waals surface area contributed by atoms with Gasteiger partial charge in [-0.3, -0.25) is 5.32 Å². The molecule has 1 aliphatic rings. The van der Waals surface area contributed by atoms with E-state index in [1.165, 1.54) is 0 Å². The summed E-state index contributed by atoms with van der Waals surface area (Å²) < 4.78 is 5.18. The van der Waals surface area contributed by atoms with Gasteiger partial charge in [0.15, 0.2) is 0 Å². The second-order valence-corrected chi connectivity index (χ2v) is 2.03. The molecule has 0 aliphatic carbocycles. The normalized spacial score (nSPS) is 38.1. The van der Waals surface area contributed by atoms with E-state index < -0.39 is 0 Å². The van der Waals surface area contributed by atoms with Gasteiger partial charge in [-0.05, 0) is 19.9 Å². The Morgan fingerprint density at radius 1 is 1.62 bits per heavy atom. The minimum Gasteiger partial charge on any atom is -0.370 e. The standard InChI is InChI=1S/C5H10BNO/c1-7-5-3-2-4(6)8-5/h4-5,7H,2-3H2,1H3. The molecule has 3 heteroatoms. The first-order valence-corrected chi connectivity index (χ1v) is 2.91. The molecule has 2 atom stereocenters. The summed E-state index contributed by atoms with van der Waals surface area (Å²) in [5, 5.41) is 2.99. The molecule has 44 valence electrons. The van der Waals surface area contributed by atoms with E-state index in [2.05, 4.69) is 5.32 Å². The van der Waals surface area contributed by atoms with Crippen LogP contribution in [0.2, 0.25) is 0 Å². The van der Waals surface area contributed by atoms with Crippen LogP contribution in [0.15, 0.2) is 0 Å². The van der Waals surface area contributed by atoms with Gasteiger partial charge < -0.3 is 4.74 Å². The highest BCUT2D eigenvalue weighted by Crippen LogP contribution is 2.13. The van der Waals surface area contributed by atoms with E-state index in [9.17, 15) is 0 Å². The molecule has 2 nitrogen and oxygen atoms in total. The molecule has 0 spiro atoms. The molecule has 2 unspecified atom stereocenters. The lowest BCUT2D eigenvalue weighted by molar-refractivity contribution is 0.0699. The Labute approximate surface area is 51.0 Å². The summed E-state index contributed by atoms with van der Waals surface area (Å²) in [5.74, 6) is 0. The maximum Gasteiger partial charge on any atom is 0.109 e. The van der Waals surface area contributed by atoms with Crippen molar-refractivity contribution in [2.75, 3.05) is 7.05 Å². The summed E-state index contributed by atoms with van der Waals surface area (Å²) in [7, 11) is 7.32. The zero-order valence-electron chi connectivity index (χ0n) is 5.05. The van der Waals surface area contributed by atoms with E-state index in [0.717, 1.165) is 12.8 Å². The van der Waals surface area contributed by atoms with Gasteiger partial charge in [-0.2, -0.15) is 0 Å². The van der Waals surface area contributed by atoms with Gasteiger partial charge in [0.25, 0.3) is 0 Å². The SMILES string of the molecule is [B]C1CCC(NC)O1. The summed E-state index contributed by atoms with van der Waals surface area (Å²) >= 11 is 0. The third kappa shape index (κ3) is 1.23. The van der Waals surface area contributed by atoms with Crippen molar-refractivity contribution in [1.82, 2.24) is 5.32 Å². The van der Waals surface area contributed by atoms with Gasteiger partial charge >= 0.3 is 0 Å². The van der Waals surface area contributed by atoms with Crippen molar-refractivity contribution >= 4 is 7.85 Å². The monoisotopic (exact) mass is 111 g/mol. The van der Waals surface area contributed by atoms with Crippen molar-refractivity contribution in [2.24, 2.45) is 0 Å². The lowest BCUT2D eigenvalue weighted by Crippen LogP contribution is -2.24. The van der Waals surface area contributed by atoms with Crippen LogP contribution >= 0.6 is 0 Å². The van der Waals surface area contributed by atoms with Crippen LogP contribution in [0.25, 0.3) is 0 Å². The average Bonchev–Trinajstić information content (AvgIpc) is 2.14. The first-order valence-electron chi connectivity index (χ1n) is 2.91. The summed E-state index contributed by atoms with van der Waals surface area (Å²) in [6.45, 7) is 0. The fraction of sp³-hybridized carbons (Fsp3) is 1.00. The van der Waals surface area contributed by atoms with Crippen LogP contribution in [0, 0.1) is 0 Å². The Morgan fingerprint density at radius 2 is 2.38 bits per heavy atom. The van der Waals surface area contributed by atoms with Crippen molar-refractivity contribution in [2.45, 2.75) is 25.1 Å². The maximum absolute atomic E-state index is 5.44. The van der Waals surface area contributed by atoms with Crippen LogP contribution in [0.3, 0.4) is 0 Å². The number of hydrogen-bond acceptors (Lipinski definition) is 2. The van der Waals surface area contributed by atoms with Crippen molar-refractivity contribution in [1.29, 1.82) is 0 Å². The van der Waals surface area contributed by atoms with E-state index in [4.69, 9.17) is 12.6 Å². The van der Waals surface area contributed by atoms with Crippen molar-refractivity contribution in [3.8, 4) is 0 Å². The van der Waals surface area contributed by atoms with E-state index in [1.54, 1.807) is 0 Å². The molecule has 1 rings (SSSR count). The molecule has 1 fully saturated rings. The van der Waals surface area contributed by atoms with Gasteiger partial charge in [0.2, 0.25) is 0 Å². The Balaban J connectivity index is 2.22. The third-order valence-electron chi connectivity index (χ3n) is 1.37.